The third-order valence-electron chi connectivity index (χ3n) is 5.60. The fraction of sp³-hybridized carbons (Fsp3) is 0.286. The van der Waals surface area contributed by atoms with E-state index in [4.69, 9.17) is 0 Å². The van der Waals surface area contributed by atoms with Crippen molar-refractivity contribution in [3.8, 4) is 0 Å². The van der Waals surface area contributed by atoms with Crippen molar-refractivity contribution in [3.05, 3.63) is 65.0 Å². The second kappa shape index (κ2) is 7.34. The molecule has 3 N–H and O–H groups in total. The zero-order chi connectivity index (χ0) is 21.5. The van der Waals surface area contributed by atoms with Gasteiger partial charge in [-0.25, -0.2) is 0 Å². The van der Waals surface area contributed by atoms with Crippen molar-refractivity contribution < 1.29 is 24.3 Å². The summed E-state index contributed by atoms with van der Waals surface area (Å²) < 4.78 is 0. The van der Waals surface area contributed by atoms with Gasteiger partial charge in [-0.3, -0.25) is 34.4 Å². The van der Waals surface area contributed by atoms with Crippen LogP contribution in [0.15, 0.2) is 42.7 Å². The molecule has 3 heterocycles. The van der Waals surface area contributed by atoms with Gasteiger partial charge in [-0.1, -0.05) is 6.07 Å². The minimum absolute atomic E-state index is 0.0847. The van der Waals surface area contributed by atoms with Crippen LogP contribution < -0.4 is 10.6 Å². The number of pyridine rings is 1. The van der Waals surface area contributed by atoms with E-state index in [1.807, 2.05) is 0 Å². The van der Waals surface area contributed by atoms with E-state index in [1.165, 1.54) is 19.3 Å². The van der Waals surface area contributed by atoms with Crippen molar-refractivity contribution in [2.24, 2.45) is 0 Å². The van der Waals surface area contributed by atoms with Crippen LogP contribution in [0.5, 0.6) is 0 Å². The van der Waals surface area contributed by atoms with Crippen LogP contribution in [0.3, 0.4) is 0 Å². The number of hydrogen-bond acceptors (Lipinski definition) is 6. The van der Waals surface area contributed by atoms with Gasteiger partial charge in [0.1, 0.15) is 5.54 Å². The van der Waals surface area contributed by atoms with Gasteiger partial charge in [0.2, 0.25) is 5.91 Å². The number of aromatic nitrogens is 1. The number of hydrogen-bond donors (Lipinski definition) is 3. The highest BCUT2D eigenvalue weighted by molar-refractivity contribution is 6.07. The molecule has 1 fully saturated rings. The zero-order valence-electron chi connectivity index (χ0n) is 16.2. The minimum atomic E-state index is -1.33. The first kappa shape index (κ1) is 19.7. The van der Waals surface area contributed by atoms with Crippen molar-refractivity contribution in [3.63, 3.8) is 0 Å². The van der Waals surface area contributed by atoms with E-state index < -0.39 is 29.5 Å². The highest BCUT2D eigenvalue weighted by atomic mass is 16.3. The van der Waals surface area contributed by atoms with Crippen LogP contribution in [-0.4, -0.2) is 44.2 Å². The molecule has 2 aliphatic rings. The van der Waals surface area contributed by atoms with E-state index in [2.05, 4.69) is 15.6 Å². The number of nitrogens with zero attached hydrogens (tertiary/aromatic N) is 2. The maximum Gasteiger partial charge on any atom is 0.257 e. The zero-order valence-corrected chi connectivity index (χ0v) is 16.2. The molecular weight excluding hydrogens is 388 g/mol. The van der Waals surface area contributed by atoms with Crippen LogP contribution in [0.1, 0.15) is 57.8 Å². The number of nitrogens with one attached hydrogen (secondary N) is 2. The van der Waals surface area contributed by atoms with E-state index in [0.717, 1.165) is 4.90 Å². The predicted octanol–water partition coefficient (Wildman–Crippen LogP) is 0.654. The average Bonchev–Trinajstić information content (AvgIpc) is 3.00. The van der Waals surface area contributed by atoms with Crippen LogP contribution in [0, 0.1) is 0 Å². The molecule has 1 unspecified atom stereocenters. The standard InChI is InChI=1S/C21H20N4O5/c1-21(7-4-16(26)24-20(21)30)25-18(28)14-3-2-12(10-15(14)19(25)29)11-23-17(27)13-5-8-22-9-6-13/h2-3,5-6,8-10,19,29H,4,7,11H2,1H3,(H,23,27)(H,24,26,30)/t19?,21-/m0/s1. The van der Waals surface area contributed by atoms with Crippen molar-refractivity contribution in [2.45, 2.75) is 38.1 Å². The quantitative estimate of drug-likeness (QED) is 0.638. The third-order valence-corrected chi connectivity index (χ3v) is 5.60. The van der Waals surface area contributed by atoms with Gasteiger partial charge in [0, 0.05) is 42.0 Å². The average molecular weight is 408 g/mol. The summed E-state index contributed by atoms with van der Waals surface area (Å²) in [6.45, 7) is 1.74. The Morgan fingerprint density at radius 1 is 1.27 bits per heavy atom. The molecule has 0 aliphatic carbocycles. The molecule has 9 nitrogen and oxygen atoms in total. The Bertz CT molecular complexity index is 1050. The van der Waals surface area contributed by atoms with Gasteiger partial charge in [-0.05, 0) is 43.2 Å². The number of benzene rings is 1. The molecule has 0 radical (unpaired) electrons. The number of aliphatic hydroxyl groups is 1. The van der Waals surface area contributed by atoms with Gasteiger partial charge in [-0.15, -0.1) is 0 Å². The van der Waals surface area contributed by atoms with Gasteiger partial charge < -0.3 is 10.4 Å². The summed E-state index contributed by atoms with van der Waals surface area (Å²) in [4.78, 5) is 54.1. The minimum Gasteiger partial charge on any atom is -0.369 e. The summed E-state index contributed by atoms with van der Waals surface area (Å²) in [5, 5.41) is 15.9. The van der Waals surface area contributed by atoms with Crippen molar-refractivity contribution in [1.82, 2.24) is 20.5 Å². The summed E-state index contributed by atoms with van der Waals surface area (Å²) in [5.74, 6) is -1.75. The topological polar surface area (TPSA) is 129 Å². The van der Waals surface area contributed by atoms with Gasteiger partial charge >= 0.3 is 0 Å². The van der Waals surface area contributed by atoms with Crippen molar-refractivity contribution in [2.75, 3.05) is 0 Å². The number of rotatable bonds is 4. The Hall–Kier alpha value is -3.59. The van der Waals surface area contributed by atoms with Crippen LogP contribution in [0.25, 0.3) is 0 Å². The SMILES string of the molecule is C[C@]1(N2C(=O)c3ccc(CNC(=O)c4ccncc4)cc3C2O)CCC(=O)NC1=O. The smallest absolute Gasteiger partial charge is 0.257 e. The number of amides is 4. The van der Waals surface area contributed by atoms with Crippen LogP contribution in [0.4, 0.5) is 0 Å². The largest absolute Gasteiger partial charge is 0.369 e. The summed E-state index contributed by atoms with van der Waals surface area (Å²) >= 11 is 0. The monoisotopic (exact) mass is 408 g/mol. The molecule has 154 valence electrons. The second-order valence-electron chi connectivity index (χ2n) is 7.54. The number of fused-ring (bicyclic) bond motifs is 1. The molecule has 9 heteroatoms. The molecule has 2 atom stereocenters. The van der Waals surface area contributed by atoms with Gasteiger partial charge in [0.15, 0.2) is 6.23 Å². The van der Waals surface area contributed by atoms with Crippen molar-refractivity contribution in [1.29, 1.82) is 0 Å². The number of aliphatic hydroxyl groups excluding tert-OH is 1. The van der Waals surface area contributed by atoms with E-state index in [-0.39, 0.29) is 30.9 Å². The first-order valence-electron chi connectivity index (χ1n) is 9.48. The summed E-state index contributed by atoms with van der Waals surface area (Å²) in [7, 11) is 0. The Morgan fingerprint density at radius 2 is 2.00 bits per heavy atom. The Kier molecular flexibility index (Phi) is 4.83. The van der Waals surface area contributed by atoms with Crippen LogP contribution >= 0.6 is 0 Å². The molecule has 2 aliphatic heterocycles. The predicted molar refractivity (Wildman–Crippen MR) is 104 cm³/mol. The fourth-order valence-electron chi connectivity index (χ4n) is 3.82. The normalized spacial score (nSPS) is 23.2. The maximum atomic E-state index is 12.9. The lowest BCUT2D eigenvalue weighted by molar-refractivity contribution is -0.147. The fourth-order valence-corrected chi connectivity index (χ4v) is 3.82. The van der Waals surface area contributed by atoms with E-state index in [9.17, 15) is 24.3 Å². The number of piperidine rings is 1. The Morgan fingerprint density at radius 3 is 2.70 bits per heavy atom. The third kappa shape index (κ3) is 3.22. The highest BCUT2D eigenvalue weighted by Crippen LogP contribution is 2.40. The van der Waals surface area contributed by atoms with E-state index in [1.54, 1.807) is 30.3 Å². The van der Waals surface area contributed by atoms with Crippen LogP contribution in [-0.2, 0) is 16.1 Å². The molecule has 0 spiro atoms. The lowest BCUT2D eigenvalue weighted by atomic mass is 9.89. The number of imide groups is 1. The molecule has 30 heavy (non-hydrogen) atoms. The summed E-state index contributed by atoms with van der Waals surface area (Å²) in [6.07, 6.45) is 1.93. The van der Waals surface area contributed by atoms with Crippen molar-refractivity contribution >= 4 is 23.6 Å². The summed E-state index contributed by atoms with van der Waals surface area (Å²) in [5.41, 5.74) is 0.481. The second-order valence-corrected chi connectivity index (χ2v) is 7.54. The Balaban J connectivity index is 1.53. The van der Waals surface area contributed by atoms with Gasteiger partial charge in [0.25, 0.3) is 17.7 Å². The maximum absolute atomic E-state index is 12.9. The molecule has 1 saturated heterocycles. The molecular formula is C21H20N4O5. The molecule has 1 aromatic heterocycles. The first-order valence-corrected chi connectivity index (χ1v) is 9.48. The lowest BCUT2D eigenvalue weighted by Crippen LogP contribution is -2.62. The van der Waals surface area contributed by atoms with E-state index >= 15 is 0 Å². The summed E-state index contributed by atoms with van der Waals surface area (Å²) in [6, 6.07) is 8.09. The number of carbonyl (C=O) groups is 4. The van der Waals surface area contributed by atoms with E-state index in [0.29, 0.717) is 16.7 Å². The molecule has 0 saturated carbocycles. The molecule has 2 aromatic rings. The first-order chi connectivity index (χ1) is 14.3. The molecule has 4 amide bonds. The molecule has 1 aromatic carbocycles. The van der Waals surface area contributed by atoms with Gasteiger partial charge in [0.05, 0.1) is 0 Å². The highest BCUT2D eigenvalue weighted by Gasteiger charge is 2.52. The Labute approximate surface area is 172 Å². The lowest BCUT2D eigenvalue weighted by Gasteiger charge is -2.41. The molecule has 4 rings (SSSR count). The van der Waals surface area contributed by atoms with Gasteiger partial charge in [-0.2, -0.15) is 0 Å². The van der Waals surface area contributed by atoms with Crippen LogP contribution in [0.2, 0.25) is 0 Å². The molecule has 0 bridgehead atoms. The number of carbonyl (C=O) groups excluding carboxylic acids is 4.